The van der Waals surface area contributed by atoms with Crippen LogP contribution in [0.5, 0.6) is 0 Å². The Balaban J connectivity index is 1.53. The summed E-state index contributed by atoms with van der Waals surface area (Å²) in [4.78, 5) is 16.7. The van der Waals surface area contributed by atoms with Crippen molar-refractivity contribution in [2.75, 3.05) is 5.32 Å². The van der Waals surface area contributed by atoms with Crippen molar-refractivity contribution in [2.45, 2.75) is 20.0 Å². The molecule has 0 bridgehead atoms. The fraction of sp³-hybridized carbons (Fsp3) is 0.150. The van der Waals surface area contributed by atoms with Gasteiger partial charge in [-0.3, -0.25) is 4.79 Å². The first-order valence-corrected chi connectivity index (χ1v) is 8.55. The van der Waals surface area contributed by atoms with Gasteiger partial charge in [0, 0.05) is 29.3 Å². The standard InChI is InChI=1S/C20H19N5O/c1-2-24-12-18(17-5-3-4-6-19(17)24)20(26)23-16-9-7-15(8-10-16)11-25-14-21-13-22-25/h3-10,12-14H,2,11H2,1H3,(H,23,26). The molecule has 0 fully saturated rings. The summed E-state index contributed by atoms with van der Waals surface area (Å²) in [6.07, 6.45) is 5.11. The minimum atomic E-state index is -0.0996. The van der Waals surface area contributed by atoms with Crippen molar-refractivity contribution < 1.29 is 4.79 Å². The molecule has 2 aromatic carbocycles. The van der Waals surface area contributed by atoms with E-state index in [2.05, 4.69) is 26.9 Å². The summed E-state index contributed by atoms with van der Waals surface area (Å²) >= 11 is 0. The highest BCUT2D eigenvalue weighted by molar-refractivity contribution is 6.13. The molecule has 1 N–H and O–H groups in total. The number of hydrogen-bond acceptors (Lipinski definition) is 3. The number of aromatic nitrogens is 4. The number of amides is 1. The minimum Gasteiger partial charge on any atom is -0.347 e. The van der Waals surface area contributed by atoms with Crippen molar-refractivity contribution in [3.05, 3.63) is 78.5 Å². The molecule has 0 saturated carbocycles. The van der Waals surface area contributed by atoms with Gasteiger partial charge in [-0.2, -0.15) is 5.10 Å². The molecule has 0 unspecified atom stereocenters. The van der Waals surface area contributed by atoms with Gasteiger partial charge in [-0.1, -0.05) is 30.3 Å². The van der Waals surface area contributed by atoms with E-state index in [0.717, 1.165) is 28.7 Å². The first kappa shape index (κ1) is 16.1. The predicted octanol–water partition coefficient (Wildman–Crippen LogP) is 3.55. The Morgan fingerprint density at radius 1 is 1.12 bits per heavy atom. The van der Waals surface area contributed by atoms with Gasteiger partial charge in [0.05, 0.1) is 12.1 Å². The van der Waals surface area contributed by atoms with Crippen LogP contribution in [0.2, 0.25) is 0 Å². The van der Waals surface area contributed by atoms with Crippen molar-refractivity contribution in [3.63, 3.8) is 0 Å². The number of nitrogens with zero attached hydrogens (tertiary/aromatic N) is 4. The number of anilines is 1. The topological polar surface area (TPSA) is 64.7 Å². The van der Waals surface area contributed by atoms with Crippen LogP contribution < -0.4 is 5.32 Å². The molecular formula is C20H19N5O. The van der Waals surface area contributed by atoms with Gasteiger partial charge in [0.2, 0.25) is 0 Å². The molecule has 0 saturated heterocycles. The number of nitrogens with one attached hydrogen (secondary N) is 1. The second-order valence-electron chi connectivity index (χ2n) is 6.09. The molecule has 0 aliphatic carbocycles. The third-order valence-electron chi connectivity index (χ3n) is 4.40. The van der Waals surface area contributed by atoms with Gasteiger partial charge in [0.25, 0.3) is 5.91 Å². The van der Waals surface area contributed by atoms with Crippen LogP contribution in [0, 0.1) is 0 Å². The number of hydrogen-bond donors (Lipinski definition) is 1. The molecule has 0 atom stereocenters. The van der Waals surface area contributed by atoms with Crippen molar-refractivity contribution >= 4 is 22.5 Å². The van der Waals surface area contributed by atoms with Gasteiger partial charge in [0.15, 0.2) is 0 Å². The molecule has 1 amide bonds. The van der Waals surface area contributed by atoms with Crippen molar-refractivity contribution in [3.8, 4) is 0 Å². The summed E-state index contributed by atoms with van der Waals surface area (Å²) in [5, 5.41) is 8.05. The number of carbonyl (C=O) groups excluding carboxylic acids is 1. The molecule has 2 aromatic heterocycles. The van der Waals surface area contributed by atoms with Gasteiger partial charge in [-0.25, -0.2) is 9.67 Å². The van der Waals surface area contributed by atoms with Crippen LogP contribution in [0.3, 0.4) is 0 Å². The monoisotopic (exact) mass is 345 g/mol. The van der Waals surface area contributed by atoms with E-state index in [4.69, 9.17) is 0 Å². The largest absolute Gasteiger partial charge is 0.347 e. The smallest absolute Gasteiger partial charge is 0.257 e. The Morgan fingerprint density at radius 2 is 1.92 bits per heavy atom. The van der Waals surface area contributed by atoms with Crippen LogP contribution in [0.1, 0.15) is 22.8 Å². The lowest BCUT2D eigenvalue weighted by atomic mass is 10.1. The van der Waals surface area contributed by atoms with E-state index in [9.17, 15) is 4.79 Å². The maximum atomic E-state index is 12.8. The SMILES string of the molecule is CCn1cc(C(=O)Nc2ccc(Cn3cncn3)cc2)c2ccccc21. The Kier molecular flexibility index (Phi) is 4.23. The molecule has 0 radical (unpaired) electrons. The lowest BCUT2D eigenvalue weighted by Gasteiger charge is -2.06. The second-order valence-corrected chi connectivity index (χ2v) is 6.09. The van der Waals surface area contributed by atoms with Crippen LogP contribution in [0.4, 0.5) is 5.69 Å². The molecule has 4 aromatic rings. The lowest BCUT2D eigenvalue weighted by molar-refractivity contribution is 0.102. The number of carbonyl (C=O) groups is 1. The number of benzene rings is 2. The van der Waals surface area contributed by atoms with E-state index >= 15 is 0 Å². The zero-order chi connectivity index (χ0) is 17.9. The van der Waals surface area contributed by atoms with Crippen molar-refractivity contribution in [1.29, 1.82) is 0 Å². The van der Waals surface area contributed by atoms with Crippen LogP contribution >= 0.6 is 0 Å². The molecule has 0 aliphatic rings. The summed E-state index contributed by atoms with van der Waals surface area (Å²) in [7, 11) is 0. The molecule has 0 spiro atoms. The van der Waals surface area contributed by atoms with Crippen LogP contribution in [0.25, 0.3) is 10.9 Å². The van der Waals surface area contributed by atoms with Crippen LogP contribution in [-0.4, -0.2) is 25.2 Å². The van der Waals surface area contributed by atoms with Gasteiger partial charge in [-0.15, -0.1) is 0 Å². The molecule has 6 heteroatoms. The highest BCUT2D eigenvalue weighted by Crippen LogP contribution is 2.22. The maximum Gasteiger partial charge on any atom is 0.257 e. The quantitative estimate of drug-likeness (QED) is 0.601. The summed E-state index contributed by atoms with van der Waals surface area (Å²) in [6.45, 7) is 3.55. The molecule has 6 nitrogen and oxygen atoms in total. The van der Waals surface area contributed by atoms with E-state index in [1.807, 2.05) is 54.7 Å². The summed E-state index contributed by atoms with van der Waals surface area (Å²) in [6, 6.07) is 15.7. The van der Waals surface area contributed by atoms with Crippen molar-refractivity contribution in [1.82, 2.24) is 19.3 Å². The average molecular weight is 345 g/mol. The number of aryl methyl sites for hydroxylation is 1. The van der Waals surface area contributed by atoms with Gasteiger partial charge >= 0.3 is 0 Å². The zero-order valence-electron chi connectivity index (χ0n) is 14.5. The zero-order valence-corrected chi connectivity index (χ0v) is 14.5. The molecule has 0 aliphatic heterocycles. The van der Waals surface area contributed by atoms with E-state index in [0.29, 0.717) is 12.1 Å². The van der Waals surface area contributed by atoms with E-state index in [1.54, 1.807) is 11.0 Å². The molecular weight excluding hydrogens is 326 g/mol. The van der Waals surface area contributed by atoms with E-state index in [1.165, 1.54) is 6.33 Å². The molecule has 130 valence electrons. The Labute approximate surface area is 151 Å². The van der Waals surface area contributed by atoms with Gasteiger partial charge in [-0.05, 0) is 30.7 Å². The van der Waals surface area contributed by atoms with Crippen molar-refractivity contribution in [2.24, 2.45) is 0 Å². The molecule has 4 rings (SSSR count). The van der Waals surface area contributed by atoms with Gasteiger partial charge < -0.3 is 9.88 Å². The van der Waals surface area contributed by atoms with E-state index < -0.39 is 0 Å². The Morgan fingerprint density at radius 3 is 2.65 bits per heavy atom. The number of rotatable bonds is 5. The first-order chi connectivity index (χ1) is 12.7. The minimum absolute atomic E-state index is 0.0996. The summed E-state index contributed by atoms with van der Waals surface area (Å²) < 4.78 is 3.85. The lowest BCUT2D eigenvalue weighted by Crippen LogP contribution is -2.11. The Hall–Kier alpha value is -3.41. The maximum absolute atomic E-state index is 12.8. The molecule has 2 heterocycles. The van der Waals surface area contributed by atoms with Crippen LogP contribution in [0.15, 0.2) is 67.4 Å². The fourth-order valence-corrected chi connectivity index (χ4v) is 3.08. The highest BCUT2D eigenvalue weighted by atomic mass is 16.1. The summed E-state index contributed by atoms with van der Waals surface area (Å²) in [5.74, 6) is -0.0996. The van der Waals surface area contributed by atoms with Crippen LogP contribution in [-0.2, 0) is 13.1 Å². The third-order valence-corrected chi connectivity index (χ3v) is 4.40. The highest BCUT2D eigenvalue weighted by Gasteiger charge is 2.14. The van der Waals surface area contributed by atoms with Gasteiger partial charge in [0.1, 0.15) is 12.7 Å². The average Bonchev–Trinajstić information content (AvgIpc) is 3.31. The summed E-state index contributed by atoms with van der Waals surface area (Å²) in [5.41, 5.74) is 3.62. The number of fused-ring (bicyclic) bond motifs is 1. The number of para-hydroxylation sites is 1. The molecule has 26 heavy (non-hydrogen) atoms. The Bertz CT molecular complexity index is 1030. The second kappa shape index (κ2) is 6.84. The fourth-order valence-electron chi connectivity index (χ4n) is 3.08. The third kappa shape index (κ3) is 3.09. The predicted molar refractivity (Wildman–Crippen MR) is 101 cm³/mol. The van der Waals surface area contributed by atoms with E-state index in [-0.39, 0.29) is 5.91 Å². The normalized spacial score (nSPS) is 11.0. The first-order valence-electron chi connectivity index (χ1n) is 8.55.